The number of rotatable bonds is 5. The van der Waals surface area contributed by atoms with E-state index in [0.717, 1.165) is 33.3 Å². The maximum absolute atomic E-state index is 6.18. The summed E-state index contributed by atoms with van der Waals surface area (Å²) in [6, 6.07) is 79.4. The first-order chi connectivity index (χ1) is 30.2. The predicted molar refractivity (Wildman–Crippen MR) is 256 cm³/mol. The van der Waals surface area contributed by atoms with Crippen LogP contribution in [0.5, 0.6) is 0 Å². The Hall–Kier alpha value is -8.14. The molecule has 0 saturated heterocycles. The zero-order valence-electron chi connectivity index (χ0n) is 33.1. The van der Waals surface area contributed by atoms with E-state index in [-0.39, 0.29) is 0 Å². The topological polar surface area (TPSA) is 23.0 Å². The van der Waals surface area contributed by atoms with Crippen molar-refractivity contribution >= 4 is 76.3 Å². The minimum atomic E-state index is 0.909. The maximum Gasteiger partial charge on any atom is 0.135 e. The summed E-state index contributed by atoms with van der Waals surface area (Å²) in [4.78, 5) is 0. The molecule has 0 N–H and O–H groups in total. The lowest BCUT2D eigenvalue weighted by molar-refractivity contribution is 0.669. The molecular weight excluding hydrogens is 741 g/mol. The van der Waals surface area contributed by atoms with Gasteiger partial charge in [0.05, 0.1) is 22.1 Å². The monoisotopic (exact) mass is 776 g/mol. The molecule has 0 saturated carbocycles. The van der Waals surface area contributed by atoms with Crippen LogP contribution in [0.2, 0.25) is 0 Å². The van der Waals surface area contributed by atoms with Gasteiger partial charge in [0.15, 0.2) is 0 Å². The summed E-state index contributed by atoms with van der Waals surface area (Å²) in [5.74, 6) is 0. The quantitative estimate of drug-likeness (QED) is 0.171. The van der Waals surface area contributed by atoms with E-state index in [1.165, 1.54) is 87.8 Å². The molecule has 284 valence electrons. The molecule has 61 heavy (non-hydrogen) atoms. The summed E-state index contributed by atoms with van der Waals surface area (Å²) >= 11 is 0. The Morgan fingerprint density at radius 1 is 0.246 bits per heavy atom. The molecule has 0 aliphatic carbocycles. The molecule has 0 amide bonds. The lowest BCUT2D eigenvalue weighted by atomic mass is 9.98. The van der Waals surface area contributed by atoms with Crippen LogP contribution >= 0.6 is 0 Å². The Kier molecular flexibility index (Phi) is 7.31. The molecule has 0 bridgehead atoms. The summed E-state index contributed by atoms with van der Waals surface area (Å²) in [7, 11) is 0. The Morgan fingerprint density at radius 2 is 0.689 bits per heavy atom. The minimum absolute atomic E-state index is 0.909. The second-order valence-electron chi connectivity index (χ2n) is 16.1. The highest BCUT2D eigenvalue weighted by Crippen LogP contribution is 2.41. The fourth-order valence-corrected chi connectivity index (χ4v) is 9.75. The number of furan rings is 1. The molecule has 13 rings (SSSR count). The molecule has 10 aromatic carbocycles. The van der Waals surface area contributed by atoms with Crippen LogP contribution in [0.4, 0.5) is 0 Å². The van der Waals surface area contributed by atoms with E-state index in [2.05, 4.69) is 215 Å². The van der Waals surface area contributed by atoms with Crippen molar-refractivity contribution in [2.75, 3.05) is 0 Å². The number of hydrogen-bond acceptors (Lipinski definition) is 1. The fraction of sp³-hybridized carbons (Fsp3) is 0. The van der Waals surface area contributed by atoms with E-state index >= 15 is 0 Å². The highest BCUT2D eigenvalue weighted by atomic mass is 16.3. The Balaban J connectivity index is 0.942. The van der Waals surface area contributed by atoms with Gasteiger partial charge in [-0.15, -0.1) is 0 Å². The second kappa shape index (κ2) is 13.2. The number of nitrogens with zero attached hydrogens (tertiary/aromatic N) is 2. The first-order valence-electron chi connectivity index (χ1n) is 20.9. The molecule has 3 nitrogen and oxygen atoms in total. The largest absolute Gasteiger partial charge is 0.456 e. The zero-order valence-corrected chi connectivity index (χ0v) is 33.1. The normalized spacial score (nSPS) is 11.9. The third kappa shape index (κ3) is 5.31. The maximum atomic E-state index is 6.18. The van der Waals surface area contributed by atoms with E-state index < -0.39 is 0 Å². The fourth-order valence-electron chi connectivity index (χ4n) is 9.75. The first kappa shape index (κ1) is 33.8. The molecule has 3 heterocycles. The highest BCUT2D eigenvalue weighted by Gasteiger charge is 2.18. The molecule has 0 radical (unpaired) electrons. The third-order valence-electron chi connectivity index (χ3n) is 12.7. The van der Waals surface area contributed by atoms with E-state index in [4.69, 9.17) is 4.42 Å². The van der Waals surface area contributed by atoms with Gasteiger partial charge in [0.2, 0.25) is 0 Å². The van der Waals surface area contributed by atoms with Gasteiger partial charge in [-0.05, 0) is 135 Å². The number of aromatic nitrogens is 2. The molecule has 0 aliphatic heterocycles. The van der Waals surface area contributed by atoms with Gasteiger partial charge in [0, 0.05) is 43.7 Å². The third-order valence-corrected chi connectivity index (χ3v) is 12.7. The van der Waals surface area contributed by atoms with Crippen molar-refractivity contribution < 1.29 is 4.42 Å². The van der Waals surface area contributed by atoms with E-state index in [0.29, 0.717) is 0 Å². The van der Waals surface area contributed by atoms with Crippen LogP contribution in [-0.2, 0) is 0 Å². The van der Waals surface area contributed by atoms with Crippen molar-refractivity contribution in [1.82, 2.24) is 9.13 Å². The summed E-state index contributed by atoms with van der Waals surface area (Å²) in [5.41, 5.74) is 16.0. The van der Waals surface area contributed by atoms with Gasteiger partial charge in [0.25, 0.3) is 0 Å². The van der Waals surface area contributed by atoms with Crippen LogP contribution in [-0.4, -0.2) is 9.13 Å². The Labute approximate surface area is 351 Å². The van der Waals surface area contributed by atoms with Gasteiger partial charge < -0.3 is 13.6 Å². The molecule has 3 heteroatoms. The van der Waals surface area contributed by atoms with E-state index in [1.54, 1.807) is 0 Å². The van der Waals surface area contributed by atoms with Gasteiger partial charge in [-0.2, -0.15) is 0 Å². The van der Waals surface area contributed by atoms with Crippen molar-refractivity contribution in [2.24, 2.45) is 0 Å². The SMILES string of the molecule is c1ccc(-n2c3ccc(-c4ccc5oc6ccccc6c5c4)cc3c3cc(-c4ccc5c(c4)c4ccccc4n5-c4ccc(-c5ccc6ccccc6c5)cc4)ccc32)cc1. The molecule has 0 atom stereocenters. The average Bonchev–Trinajstić information content (AvgIpc) is 3.98. The number of hydrogen-bond donors (Lipinski definition) is 0. The molecule has 0 spiro atoms. The van der Waals surface area contributed by atoms with Crippen molar-refractivity contribution in [1.29, 1.82) is 0 Å². The van der Waals surface area contributed by atoms with Crippen molar-refractivity contribution in [3.63, 3.8) is 0 Å². The van der Waals surface area contributed by atoms with Crippen LogP contribution in [0.3, 0.4) is 0 Å². The van der Waals surface area contributed by atoms with E-state index in [1.807, 2.05) is 12.1 Å². The molecule has 0 unspecified atom stereocenters. The first-order valence-corrected chi connectivity index (χ1v) is 20.9. The molecular formula is C58H36N2O. The lowest BCUT2D eigenvalue weighted by Gasteiger charge is -2.10. The minimum Gasteiger partial charge on any atom is -0.456 e. The zero-order chi connectivity index (χ0) is 40.0. The number of fused-ring (bicyclic) bond motifs is 10. The van der Waals surface area contributed by atoms with Crippen LogP contribution in [0.25, 0.3) is 121 Å². The lowest BCUT2D eigenvalue weighted by Crippen LogP contribution is -1.94. The van der Waals surface area contributed by atoms with Crippen LogP contribution in [0.1, 0.15) is 0 Å². The summed E-state index contributed by atoms with van der Waals surface area (Å²) in [5, 5.41) is 9.72. The van der Waals surface area contributed by atoms with Gasteiger partial charge in [-0.3, -0.25) is 0 Å². The van der Waals surface area contributed by atoms with Gasteiger partial charge in [-0.1, -0.05) is 127 Å². The summed E-state index contributed by atoms with van der Waals surface area (Å²) < 4.78 is 11.0. The smallest absolute Gasteiger partial charge is 0.135 e. The van der Waals surface area contributed by atoms with E-state index in [9.17, 15) is 0 Å². The molecule has 0 aliphatic rings. The van der Waals surface area contributed by atoms with Gasteiger partial charge in [-0.25, -0.2) is 0 Å². The Bertz CT molecular complexity index is 3860. The van der Waals surface area contributed by atoms with Crippen molar-refractivity contribution in [3.05, 3.63) is 218 Å². The van der Waals surface area contributed by atoms with Gasteiger partial charge >= 0.3 is 0 Å². The van der Waals surface area contributed by atoms with Gasteiger partial charge in [0.1, 0.15) is 11.2 Å². The van der Waals surface area contributed by atoms with Crippen LogP contribution in [0, 0.1) is 0 Å². The second-order valence-corrected chi connectivity index (χ2v) is 16.1. The average molecular weight is 777 g/mol. The molecule has 13 aromatic rings. The van der Waals surface area contributed by atoms with Crippen LogP contribution < -0.4 is 0 Å². The summed E-state index contributed by atoms with van der Waals surface area (Å²) in [6.07, 6.45) is 0. The molecule has 3 aromatic heterocycles. The highest BCUT2D eigenvalue weighted by molar-refractivity contribution is 6.14. The molecule has 0 fully saturated rings. The standard InChI is InChI=1S/C58H36N2O/c1-2-12-45(13-3-1)59-55-29-23-42(34-50(55)51-35-43(24-30-56(51)59)44-25-31-58-52(36-44)48-15-7-9-17-57(48)61-58)41-22-28-54-49(33-41)47-14-6-8-16-53(47)60(54)46-26-20-38(21-27-46)40-19-18-37-10-4-5-11-39(37)32-40/h1-36H. The van der Waals surface area contributed by atoms with Crippen molar-refractivity contribution in [3.8, 4) is 44.8 Å². The van der Waals surface area contributed by atoms with Crippen molar-refractivity contribution in [2.45, 2.75) is 0 Å². The van der Waals surface area contributed by atoms with Crippen LogP contribution in [0.15, 0.2) is 223 Å². The predicted octanol–water partition coefficient (Wildman–Crippen LogP) is 15.9. The Morgan fingerprint density at radius 3 is 1.38 bits per heavy atom. The number of benzene rings is 10. The number of para-hydroxylation sites is 3. The summed E-state index contributed by atoms with van der Waals surface area (Å²) in [6.45, 7) is 0.